The SMILES string of the molecule is O=C(Cl)c1c(C(F)F)ncc(I)c1Cl. The second-order valence-corrected chi connectivity index (χ2v) is 4.14. The molecular weight excluding hydrogens is 350 g/mol. The lowest BCUT2D eigenvalue weighted by Crippen LogP contribution is -2.04. The largest absolute Gasteiger partial charge is 0.281 e. The van der Waals surface area contributed by atoms with Crippen molar-refractivity contribution in [3.8, 4) is 0 Å². The fourth-order valence-corrected chi connectivity index (χ4v) is 1.71. The number of halogens is 5. The monoisotopic (exact) mass is 351 g/mol. The summed E-state index contributed by atoms with van der Waals surface area (Å²) in [5.74, 6) is 0. The van der Waals surface area contributed by atoms with Gasteiger partial charge in [-0.2, -0.15) is 0 Å². The molecule has 76 valence electrons. The van der Waals surface area contributed by atoms with Gasteiger partial charge in [0.1, 0.15) is 5.69 Å². The Morgan fingerprint density at radius 3 is 2.57 bits per heavy atom. The first-order valence-corrected chi connectivity index (χ1v) is 5.10. The summed E-state index contributed by atoms with van der Waals surface area (Å²) in [5.41, 5.74) is -1.11. The van der Waals surface area contributed by atoms with Crippen LogP contribution in [0, 0.1) is 3.57 Å². The zero-order chi connectivity index (χ0) is 10.9. The Morgan fingerprint density at radius 2 is 2.14 bits per heavy atom. The molecule has 0 saturated heterocycles. The van der Waals surface area contributed by atoms with E-state index in [1.807, 2.05) is 0 Å². The number of carbonyl (C=O) groups is 1. The highest BCUT2D eigenvalue weighted by molar-refractivity contribution is 14.1. The van der Waals surface area contributed by atoms with Crippen LogP contribution in [0.25, 0.3) is 0 Å². The summed E-state index contributed by atoms with van der Waals surface area (Å²) in [6.07, 6.45) is -1.71. The predicted molar refractivity (Wildman–Crippen MR) is 57.1 cm³/mol. The summed E-state index contributed by atoms with van der Waals surface area (Å²) in [6, 6.07) is 0. The molecule has 1 aromatic heterocycles. The van der Waals surface area contributed by atoms with Crippen LogP contribution in [0.5, 0.6) is 0 Å². The number of carbonyl (C=O) groups excluding carboxylic acids is 1. The van der Waals surface area contributed by atoms with Gasteiger partial charge in [0.25, 0.3) is 11.7 Å². The number of alkyl halides is 2. The number of aromatic nitrogens is 1. The maximum absolute atomic E-state index is 12.4. The van der Waals surface area contributed by atoms with Crippen molar-refractivity contribution in [2.45, 2.75) is 6.43 Å². The van der Waals surface area contributed by atoms with E-state index in [-0.39, 0.29) is 5.02 Å². The molecule has 0 fully saturated rings. The van der Waals surface area contributed by atoms with Crippen LogP contribution in [0.2, 0.25) is 5.02 Å². The van der Waals surface area contributed by atoms with Crippen molar-refractivity contribution >= 4 is 51.0 Å². The third-order valence-corrected chi connectivity index (χ3v) is 3.12. The van der Waals surface area contributed by atoms with Gasteiger partial charge in [-0.1, -0.05) is 11.6 Å². The molecule has 0 aliphatic rings. The third-order valence-electron chi connectivity index (χ3n) is 1.41. The van der Waals surface area contributed by atoms with Crippen molar-refractivity contribution in [2.75, 3.05) is 0 Å². The summed E-state index contributed by atoms with van der Waals surface area (Å²) in [7, 11) is 0. The molecule has 0 unspecified atom stereocenters. The van der Waals surface area contributed by atoms with Gasteiger partial charge in [0.05, 0.1) is 14.2 Å². The molecule has 0 aliphatic carbocycles. The molecule has 0 aromatic carbocycles. The zero-order valence-electron chi connectivity index (χ0n) is 6.40. The van der Waals surface area contributed by atoms with Crippen molar-refractivity contribution in [3.05, 3.63) is 26.0 Å². The Kier molecular flexibility index (Phi) is 4.03. The molecule has 1 aromatic rings. The highest BCUT2D eigenvalue weighted by Crippen LogP contribution is 2.30. The average Bonchev–Trinajstić information content (AvgIpc) is 2.08. The Bertz CT molecular complexity index is 386. The lowest BCUT2D eigenvalue weighted by molar-refractivity contribution is 0.106. The molecule has 1 rings (SSSR count). The van der Waals surface area contributed by atoms with Crippen LogP contribution in [-0.2, 0) is 0 Å². The van der Waals surface area contributed by atoms with E-state index in [9.17, 15) is 13.6 Å². The Balaban J connectivity index is 3.45. The summed E-state index contributed by atoms with van der Waals surface area (Å²) in [6.45, 7) is 0. The molecule has 2 nitrogen and oxygen atoms in total. The lowest BCUT2D eigenvalue weighted by Gasteiger charge is -2.06. The molecule has 0 aliphatic heterocycles. The lowest BCUT2D eigenvalue weighted by atomic mass is 10.2. The zero-order valence-corrected chi connectivity index (χ0v) is 10.1. The maximum atomic E-state index is 12.4. The Hall–Kier alpha value is -0.0100. The van der Waals surface area contributed by atoms with Crippen molar-refractivity contribution < 1.29 is 13.6 Å². The minimum Gasteiger partial charge on any atom is -0.275 e. The van der Waals surface area contributed by atoms with Crippen LogP contribution >= 0.6 is 45.8 Å². The van der Waals surface area contributed by atoms with Gasteiger partial charge in [-0.15, -0.1) is 0 Å². The van der Waals surface area contributed by atoms with Crippen LogP contribution in [0.1, 0.15) is 22.5 Å². The van der Waals surface area contributed by atoms with Gasteiger partial charge >= 0.3 is 0 Å². The number of hydrogen-bond donors (Lipinski definition) is 0. The van der Waals surface area contributed by atoms with E-state index in [1.165, 1.54) is 0 Å². The minimum absolute atomic E-state index is 0.0871. The first-order valence-electron chi connectivity index (χ1n) is 3.27. The van der Waals surface area contributed by atoms with E-state index >= 15 is 0 Å². The summed E-state index contributed by atoms with van der Waals surface area (Å²) < 4.78 is 25.1. The fourth-order valence-electron chi connectivity index (χ4n) is 0.832. The molecule has 0 N–H and O–H groups in total. The maximum Gasteiger partial charge on any atom is 0.281 e. The quantitative estimate of drug-likeness (QED) is 0.601. The van der Waals surface area contributed by atoms with Gasteiger partial charge in [0.2, 0.25) is 0 Å². The van der Waals surface area contributed by atoms with E-state index in [0.29, 0.717) is 3.57 Å². The smallest absolute Gasteiger partial charge is 0.275 e. The first-order chi connectivity index (χ1) is 6.45. The normalized spacial score (nSPS) is 10.7. The predicted octanol–water partition coefficient (Wildman–Crippen LogP) is 3.66. The molecule has 14 heavy (non-hydrogen) atoms. The van der Waals surface area contributed by atoms with E-state index in [2.05, 4.69) is 4.98 Å². The highest BCUT2D eigenvalue weighted by Gasteiger charge is 2.23. The van der Waals surface area contributed by atoms with Crippen molar-refractivity contribution in [2.24, 2.45) is 0 Å². The topological polar surface area (TPSA) is 30.0 Å². The summed E-state index contributed by atoms with van der Waals surface area (Å²) >= 11 is 12.6. The van der Waals surface area contributed by atoms with Crippen LogP contribution in [0.3, 0.4) is 0 Å². The summed E-state index contributed by atoms with van der Waals surface area (Å²) in [5, 5.41) is -1.12. The van der Waals surface area contributed by atoms with Crippen LogP contribution in [0.4, 0.5) is 8.78 Å². The second kappa shape index (κ2) is 4.67. The van der Waals surface area contributed by atoms with Crippen molar-refractivity contribution in [1.29, 1.82) is 0 Å². The van der Waals surface area contributed by atoms with Gasteiger partial charge in [0, 0.05) is 6.20 Å². The molecule has 0 atom stereocenters. The number of rotatable bonds is 2. The van der Waals surface area contributed by atoms with Gasteiger partial charge < -0.3 is 0 Å². The van der Waals surface area contributed by atoms with Crippen molar-refractivity contribution in [1.82, 2.24) is 4.98 Å². The third kappa shape index (κ3) is 2.32. The van der Waals surface area contributed by atoms with Crippen LogP contribution in [-0.4, -0.2) is 10.2 Å². The molecule has 1 heterocycles. The minimum atomic E-state index is -2.87. The van der Waals surface area contributed by atoms with Gasteiger partial charge in [0.15, 0.2) is 0 Å². The first kappa shape index (κ1) is 12.1. The van der Waals surface area contributed by atoms with E-state index in [4.69, 9.17) is 23.2 Å². The fraction of sp³-hybridized carbons (Fsp3) is 0.143. The van der Waals surface area contributed by atoms with Gasteiger partial charge in [-0.05, 0) is 34.2 Å². The molecule has 0 bridgehead atoms. The summed E-state index contributed by atoms with van der Waals surface area (Å²) in [4.78, 5) is 14.3. The highest BCUT2D eigenvalue weighted by atomic mass is 127. The van der Waals surface area contributed by atoms with Crippen LogP contribution in [0.15, 0.2) is 6.20 Å². The average molecular weight is 352 g/mol. The molecule has 0 amide bonds. The molecule has 0 saturated carbocycles. The Morgan fingerprint density at radius 1 is 1.57 bits per heavy atom. The second-order valence-electron chi connectivity index (χ2n) is 2.25. The molecule has 7 heteroatoms. The number of nitrogens with zero attached hydrogens (tertiary/aromatic N) is 1. The van der Waals surface area contributed by atoms with E-state index < -0.39 is 22.9 Å². The van der Waals surface area contributed by atoms with Crippen LogP contribution < -0.4 is 0 Å². The standard InChI is InChI=1S/C7H2Cl2F2INO/c8-4-2(12)1-13-5(7(10)11)3(4)6(9)14/h1,7H. The molecule has 0 spiro atoms. The Labute approximate surface area is 102 Å². The van der Waals surface area contributed by atoms with E-state index in [1.54, 1.807) is 22.6 Å². The molecular formula is C7H2Cl2F2INO. The molecule has 0 radical (unpaired) electrons. The van der Waals surface area contributed by atoms with Gasteiger partial charge in [-0.25, -0.2) is 8.78 Å². The number of pyridine rings is 1. The van der Waals surface area contributed by atoms with E-state index in [0.717, 1.165) is 6.20 Å². The van der Waals surface area contributed by atoms with Crippen molar-refractivity contribution in [3.63, 3.8) is 0 Å². The van der Waals surface area contributed by atoms with Gasteiger partial charge in [-0.3, -0.25) is 9.78 Å². The number of hydrogen-bond acceptors (Lipinski definition) is 2.